The lowest BCUT2D eigenvalue weighted by Crippen LogP contribution is -2.74. The number of fused-ring (bicyclic) bond motifs is 3. The number of hydrogen-bond donors (Lipinski definition) is 3. The summed E-state index contributed by atoms with van der Waals surface area (Å²) in [6.07, 6.45) is 1.32. The summed E-state index contributed by atoms with van der Waals surface area (Å²) in [5, 5.41) is 22.5. The summed E-state index contributed by atoms with van der Waals surface area (Å²) < 4.78 is 10.3. The molecule has 2 fully saturated rings. The van der Waals surface area contributed by atoms with E-state index in [9.17, 15) is 43.8 Å². The average Bonchev–Trinajstić information content (AvgIpc) is 2.95. The SMILES string of the molecule is CCOC(=O)C(C)=CC(Cc1ccc(O)c2c1C[C@@H]1C[C@@H]3[C@@H](N(C)C)C(=O)C(C(N)=O)C(=O)[C@]3(O)C(=O)C1C2=O)C(=O)OCC. The van der Waals surface area contributed by atoms with Gasteiger partial charge in [-0.1, -0.05) is 12.1 Å². The number of ketones is 4. The number of phenolic OH excluding ortho intramolecular Hbond substituents is 1. The Morgan fingerprint density at radius 2 is 1.73 bits per heavy atom. The molecule has 1 amide bonds. The first kappa shape index (κ1) is 33.7. The number of aliphatic hydroxyl groups is 1. The summed E-state index contributed by atoms with van der Waals surface area (Å²) in [5.74, 6) is -13.7. The van der Waals surface area contributed by atoms with Crippen molar-refractivity contribution in [1.29, 1.82) is 0 Å². The van der Waals surface area contributed by atoms with Crippen molar-refractivity contribution in [2.24, 2.45) is 35.3 Å². The van der Waals surface area contributed by atoms with E-state index in [2.05, 4.69) is 0 Å². The Hall–Kier alpha value is -4.23. The third-order valence-electron chi connectivity index (χ3n) is 9.12. The Bertz CT molecular complexity index is 1510. The molecule has 0 aromatic heterocycles. The number of esters is 2. The van der Waals surface area contributed by atoms with Crippen LogP contribution in [0.1, 0.15) is 48.7 Å². The molecule has 0 heterocycles. The maximum atomic E-state index is 14.0. The van der Waals surface area contributed by atoms with Crippen LogP contribution in [0, 0.1) is 29.6 Å². The number of hydrogen-bond acceptors (Lipinski definition) is 12. The van der Waals surface area contributed by atoms with Crippen LogP contribution in [0.25, 0.3) is 0 Å². The molecule has 4 rings (SSSR count). The van der Waals surface area contributed by atoms with Crippen molar-refractivity contribution in [1.82, 2.24) is 4.90 Å². The first-order valence-corrected chi connectivity index (χ1v) is 14.8. The largest absolute Gasteiger partial charge is 0.507 e. The van der Waals surface area contributed by atoms with Gasteiger partial charge in [-0.2, -0.15) is 0 Å². The molecule has 242 valence electrons. The number of phenols is 1. The number of carbonyl (C=O) groups is 7. The fourth-order valence-electron chi connectivity index (χ4n) is 7.17. The molecule has 13 heteroatoms. The van der Waals surface area contributed by atoms with Crippen molar-refractivity contribution in [3.8, 4) is 5.75 Å². The molecule has 0 radical (unpaired) electrons. The number of carbonyl (C=O) groups excluding carboxylic acids is 7. The van der Waals surface area contributed by atoms with Gasteiger partial charge < -0.3 is 25.4 Å². The number of nitrogens with zero attached hydrogens (tertiary/aromatic N) is 1. The third kappa shape index (κ3) is 5.59. The van der Waals surface area contributed by atoms with Crippen LogP contribution >= 0.6 is 0 Å². The fraction of sp³-hybridized carbons (Fsp3) is 0.531. The molecule has 13 nitrogen and oxygen atoms in total. The number of nitrogens with two attached hydrogens (primary N) is 1. The van der Waals surface area contributed by atoms with Crippen LogP contribution in [-0.4, -0.2) is 95.0 Å². The van der Waals surface area contributed by atoms with Crippen LogP contribution < -0.4 is 5.73 Å². The molecular weight excluding hydrogens is 588 g/mol. The van der Waals surface area contributed by atoms with Gasteiger partial charge in [-0.15, -0.1) is 0 Å². The summed E-state index contributed by atoms with van der Waals surface area (Å²) >= 11 is 0. The molecule has 3 aliphatic carbocycles. The lowest BCUT2D eigenvalue weighted by atomic mass is 9.52. The summed E-state index contributed by atoms with van der Waals surface area (Å²) in [7, 11) is 3.01. The number of ether oxygens (including phenoxy) is 2. The van der Waals surface area contributed by atoms with E-state index in [4.69, 9.17) is 15.2 Å². The minimum atomic E-state index is -2.82. The van der Waals surface area contributed by atoms with Crippen LogP contribution in [-0.2, 0) is 51.1 Å². The highest BCUT2D eigenvalue weighted by atomic mass is 16.5. The fourth-order valence-corrected chi connectivity index (χ4v) is 7.17. The minimum Gasteiger partial charge on any atom is -0.507 e. The standard InChI is InChI=1S/C32H38N2O11/c1-6-44-30(41)14(3)10-17(31(42)45-7-2)11-15-8-9-20(35)22-18(15)12-16-13-19-24(34(4)5)26(37)23(29(33)40)28(39)32(19,43)27(38)21(16)25(22)36/h8-10,16-17,19,21,23-24,35,43H,6-7,11-13H2,1-5H3,(H2,33,40)/t16-,17?,19-,21?,23?,24-,32-/m1/s1. The summed E-state index contributed by atoms with van der Waals surface area (Å²) in [6, 6.07) is 1.56. The van der Waals surface area contributed by atoms with Crippen molar-refractivity contribution in [3.63, 3.8) is 0 Å². The molecule has 45 heavy (non-hydrogen) atoms. The Morgan fingerprint density at radius 1 is 1.09 bits per heavy atom. The highest BCUT2D eigenvalue weighted by Gasteiger charge is 2.69. The zero-order chi connectivity index (χ0) is 33.5. The molecule has 0 bridgehead atoms. The molecule has 0 aliphatic heterocycles. The molecule has 4 N–H and O–H groups in total. The predicted molar refractivity (Wildman–Crippen MR) is 156 cm³/mol. The summed E-state index contributed by atoms with van der Waals surface area (Å²) in [4.78, 5) is 93.5. The summed E-state index contributed by atoms with van der Waals surface area (Å²) in [5.41, 5.74) is 3.35. The number of aromatic hydroxyl groups is 1. The van der Waals surface area contributed by atoms with E-state index in [0.717, 1.165) is 0 Å². The first-order chi connectivity index (χ1) is 21.1. The normalized spacial score (nSPS) is 28.6. The van der Waals surface area contributed by atoms with Gasteiger partial charge in [-0.05, 0) is 77.2 Å². The molecule has 7 atom stereocenters. The van der Waals surface area contributed by atoms with Crippen molar-refractivity contribution >= 4 is 41.0 Å². The lowest BCUT2D eigenvalue weighted by Gasteiger charge is -2.52. The zero-order valence-corrected chi connectivity index (χ0v) is 25.8. The van der Waals surface area contributed by atoms with Crippen LogP contribution in [0.5, 0.6) is 5.75 Å². The van der Waals surface area contributed by atoms with E-state index < -0.39 is 88.0 Å². The predicted octanol–water partition coefficient (Wildman–Crippen LogP) is 0.0982. The third-order valence-corrected chi connectivity index (χ3v) is 9.12. The number of amides is 1. The summed E-state index contributed by atoms with van der Waals surface area (Å²) in [6.45, 7) is 4.98. The second kappa shape index (κ2) is 12.6. The molecule has 3 unspecified atom stereocenters. The topological polar surface area (TPSA) is 208 Å². The second-order valence-corrected chi connectivity index (χ2v) is 12.0. The van der Waals surface area contributed by atoms with Gasteiger partial charge in [-0.3, -0.25) is 33.7 Å². The molecule has 1 aromatic rings. The molecule has 0 saturated heterocycles. The number of rotatable bonds is 9. The van der Waals surface area contributed by atoms with Crippen LogP contribution in [0.15, 0.2) is 23.8 Å². The highest BCUT2D eigenvalue weighted by Crippen LogP contribution is 2.51. The molecule has 2 saturated carbocycles. The molecule has 0 spiro atoms. The number of likely N-dealkylation sites (N-methyl/N-ethyl adjacent to an activating group) is 1. The van der Waals surface area contributed by atoms with Crippen LogP contribution in [0.2, 0.25) is 0 Å². The van der Waals surface area contributed by atoms with Gasteiger partial charge in [0.15, 0.2) is 34.7 Å². The van der Waals surface area contributed by atoms with Crippen LogP contribution in [0.4, 0.5) is 0 Å². The van der Waals surface area contributed by atoms with E-state index >= 15 is 0 Å². The van der Waals surface area contributed by atoms with Crippen LogP contribution in [0.3, 0.4) is 0 Å². The molecule has 3 aliphatic rings. The molecule has 1 aromatic carbocycles. The van der Waals surface area contributed by atoms with Gasteiger partial charge >= 0.3 is 11.9 Å². The van der Waals surface area contributed by atoms with E-state index in [0.29, 0.717) is 11.1 Å². The van der Waals surface area contributed by atoms with Gasteiger partial charge in [-0.25, -0.2) is 4.79 Å². The van der Waals surface area contributed by atoms with Gasteiger partial charge in [0.25, 0.3) is 0 Å². The number of primary amides is 1. The van der Waals surface area contributed by atoms with Crippen molar-refractivity contribution in [3.05, 3.63) is 40.5 Å². The average molecular weight is 627 g/mol. The van der Waals surface area contributed by atoms with E-state index in [1.165, 1.54) is 44.1 Å². The highest BCUT2D eigenvalue weighted by molar-refractivity contribution is 6.32. The van der Waals surface area contributed by atoms with Gasteiger partial charge in [0, 0.05) is 11.5 Å². The Balaban J connectivity index is 1.80. The number of Topliss-reactive ketones (excluding diaryl/α,β-unsaturated/α-hetero) is 4. The van der Waals surface area contributed by atoms with Crippen molar-refractivity contribution < 1.29 is 53.2 Å². The van der Waals surface area contributed by atoms with E-state index in [1.807, 2.05) is 0 Å². The zero-order valence-electron chi connectivity index (χ0n) is 25.8. The quantitative estimate of drug-likeness (QED) is 0.189. The Morgan fingerprint density at radius 3 is 2.31 bits per heavy atom. The lowest BCUT2D eigenvalue weighted by molar-refractivity contribution is -0.181. The van der Waals surface area contributed by atoms with Gasteiger partial charge in [0.1, 0.15) is 5.75 Å². The smallest absolute Gasteiger partial charge is 0.333 e. The van der Waals surface area contributed by atoms with E-state index in [1.54, 1.807) is 13.8 Å². The maximum Gasteiger partial charge on any atom is 0.333 e. The Labute approximate surface area is 259 Å². The van der Waals surface area contributed by atoms with E-state index in [-0.39, 0.29) is 43.6 Å². The molecular formula is C32H38N2O11. The van der Waals surface area contributed by atoms with Crippen molar-refractivity contribution in [2.45, 2.75) is 51.7 Å². The maximum absolute atomic E-state index is 14.0. The monoisotopic (exact) mass is 626 g/mol. The van der Waals surface area contributed by atoms with Gasteiger partial charge in [0.2, 0.25) is 5.91 Å². The first-order valence-electron chi connectivity index (χ1n) is 14.8. The van der Waals surface area contributed by atoms with Crippen molar-refractivity contribution in [2.75, 3.05) is 27.3 Å². The minimum absolute atomic E-state index is 0.0260. The van der Waals surface area contributed by atoms with Gasteiger partial charge in [0.05, 0.1) is 36.7 Å². The number of benzene rings is 1. The second-order valence-electron chi connectivity index (χ2n) is 12.0. The Kier molecular flexibility index (Phi) is 9.45.